The molecule has 0 saturated heterocycles. The van der Waals surface area contributed by atoms with E-state index < -0.39 is 5.97 Å². The molecule has 0 unspecified atom stereocenters. The predicted octanol–water partition coefficient (Wildman–Crippen LogP) is 2.28. The number of carbonyl (C=O) groups excluding carboxylic acids is 1. The quantitative estimate of drug-likeness (QED) is 0.856. The molecule has 0 radical (unpaired) electrons. The van der Waals surface area contributed by atoms with Crippen molar-refractivity contribution in [2.75, 3.05) is 0 Å². The largest absolute Gasteiger partial charge is 0.481 e. The summed E-state index contributed by atoms with van der Waals surface area (Å²) in [6.45, 7) is 3.81. The summed E-state index contributed by atoms with van der Waals surface area (Å²) < 4.78 is 5.19. The van der Waals surface area contributed by atoms with E-state index in [1.54, 1.807) is 6.92 Å². The first-order valence-electron chi connectivity index (χ1n) is 6.59. The number of aryl methyl sites for hydroxylation is 1. The molecule has 2 N–H and O–H groups in total. The fourth-order valence-electron chi connectivity index (χ4n) is 2.54. The third kappa shape index (κ3) is 2.64. The number of nitrogens with one attached hydrogen (secondary N) is 1. The van der Waals surface area contributed by atoms with E-state index in [1.165, 1.54) is 6.26 Å². The first-order chi connectivity index (χ1) is 8.97. The van der Waals surface area contributed by atoms with Gasteiger partial charge in [-0.15, -0.1) is 0 Å². The third-order valence-electron chi connectivity index (χ3n) is 3.96. The highest BCUT2D eigenvalue weighted by atomic mass is 16.4. The standard InChI is InChI=1S/C14H19NO4/c1-3-14(5-4-6-14)15-13(18)12-9(2)8-19-10(12)7-11(16)17/h8H,3-7H2,1-2H3,(H,15,18)(H,16,17). The van der Waals surface area contributed by atoms with E-state index in [1.807, 2.05) is 0 Å². The molecule has 1 saturated carbocycles. The second-order valence-corrected chi connectivity index (χ2v) is 5.23. The lowest BCUT2D eigenvalue weighted by atomic mass is 9.74. The third-order valence-corrected chi connectivity index (χ3v) is 3.96. The number of amides is 1. The lowest BCUT2D eigenvalue weighted by Crippen LogP contribution is -2.53. The normalized spacial score (nSPS) is 16.7. The van der Waals surface area contributed by atoms with Crippen LogP contribution in [0.25, 0.3) is 0 Å². The van der Waals surface area contributed by atoms with Crippen LogP contribution in [0.15, 0.2) is 10.7 Å². The van der Waals surface area contributed by atoms with Crippen LogP contribution in [0.4, 0.5) is 0 Å². The molecule has 1 aliphatic carbocycles. The van der Waals surface area contributed by atoms with Crippen LogP contribution in [0.1, 0.15) is 54.3 Å². The maximum absolute atomic E-state index is 12.3. The van der Waals surface area contributed by atoms with Crippen LogP contribution in [0, 0.1) is 6.92 Å². The Morgan fingerprint density at radius 3 is 2.63 bits per heavy atom. The number of hydrogen-bond acceptors (Lipinski definition) is 3. The Balaban J connectivity index is 2.18. The molecule has 1 aliphatic rings. The fraction of sp³-hybridized carbons (Fsp3) is 0.571. The van der Waals surface area contributed by atoms with Crippen LogP contribution in [0.2, 0.25) is 0 Å². The molecule has 19 heavy (non-hydrogen) atoms. The zero-order valence-corrected chi connectivity index (χ0v) is 11.3. The first kappa shape index (κ1) is 13.6. The molecular formula is C14H19NO4. The summed E-state index contributed by atoms with van der Waals surface area (Å²) in [6, 6.07) is 0. The molecule has 0 bridgehead atoms. The van der Waals surface area contributed by atoms with E-state index in [0.717, 1.165) is 25.7 Å². The lowest BCUT2D eigenvalue weighted by Gasteiger charge is -2.42. The molecule has 5 nitrogen and oxygen atoms in total. The number of hydrogen-bond donors (Lipinski definition) is 2. The summed E-state index contributed by atoms with van der Waals surface area (Å²) >= 11 is 0. The minimum absolute atomic E-state index is 0.110. The summed E-state index contributed by atoms with van der Waals surface area (Å²) in [7, 11) is 0. The van der Waals surface area contributed by atoms with Gasteiger partial charge in [-0.25, -0.2) is 0 Å². The maximum Gasteiger partial charge on any atom is 0.311 e. The molecule has 0 spiro atoms. The topological polar surface area (TPSA) is 79.5 Å². The van der Waals surface area contributed by atoms with Gasteiger partial charge in [0.25, 0.3) is 5.91 Å². The van der Waals surface area contributed by atoms with Crippen molar-refractivity contribution in [2.24, 2.45) is 0 Å². The van der Waals surface area contributed by atoms with Gasteiger partial charge in [-0.1, -0.05) is 6.92 Å². The Morgan fingerprint density at radius 1 is 1.47 bits per heavy atom. The second-order valence-electron chi connectivity index (χ2n) is 5.23. The average molecular weight is 265 g/mol. The minimum Gasteiger partial charge on any atom is -0.481 e. The Kier molecular flexibility index (Phi) is 3.64. The number of furan rings is 1. The van der Waals surface area contributed by atoms with E-state index in [4.69, 9.17) is 9.52 Å². The van der Waals surface area contributed by atoms with Gasteiger partial charge in [-0.3, -0.25) is 9.59 Å². The van der Waals surface area contributed by atoms with Gasteiger partial charge in [-0.05, 0) is 32.6 Å². The van der Waals surface area contributed by atoms with Crippen molar-refractivity contribution in [1.82, 2.24) is 5.32 Å². The molecule has 1 heterocycles. The molecule has 104 valence electrons. The highest BCUT2D eigenvalue weighted by Gasteiger charge is 2.37. The highest BCUT2D eigenvalue weighted by Crippen LogP contribution is 2.35. The van der Waals surface area contributed by atoms with Gasteiger partial charge in [0.15, 0.2) is 0 Å². The van der Waals surface area contributed by atoms with Gasteiger partial charge in [0.05, 0.1) is 11.8 Å². The van der Waals surface area contributed by atoms with Gasteiger partial charge in [0.1, 0.15) is 12.2 Å². The van der Waals surface area contributed by atoms with Crippen LogP contribution < -0.4 is 5.32 Å². The number of rotatable bonds is 5. The van der Waals surface area contributed by atoms with Crippen molar-refractivity contribution in [2.45, 2.75) is 51.5 Å². The Hall–Kier alpha value is -1.78. The van der Waals surface area contributed by atoms with Gasteiger partial charge in [-0.2, -0.15) is 0 Å². The minimum atomic E-state index is -1.00. The van der Waals surface area contributed by atoms with Crippen molar-refractivity contribution in [3.05, 3.63) is 23.2 Å². The van der Waals surface area contributed by atoms with Crippen LogP contribution >= 0.6 is 0 Å². The molecule has 0 aliphatic heterocycles. The van der Waals surface area contributed by atoms with E-state index >= 15 is 0 Å². The SMILES string of the molecule is CCC1(NC(=O)c2c(C)coc2CC(=O)O)CCC1. The van der Waals surface area contributed by atoms with Crippen LogP contribution in [0.5, 0.6) is 0 Å². The molecule has 2 rings (SSSR count). The number of aliphatic carboxylic acids is 1. The van der Waals surface area contributed by atoms with Crippen molar-refractivity contribution in [3.8, 4) is 0 Å². The first-order valence-corrected chi connectivity index (χ1v) is 6.59. The van der Waals surface area contributed by atoms with Gasteiger partial charge in [0.2, 0.25) is 0 Å². The number of carboxylic acid groups (broad SMARTS) is 1. The van der Waals surface area contributed by atoms with Crippen LogP contribution in [-0.2, 0) is 11.2 Å². The smallest absolute Gasteiger partial charge is 0.311 e. The lowest BCUT2D eigenvalue weighted by molar-refractivity contribution is -0.136. The molecule has 5 heteroatoms. The average Bonchev–Trinajstić information content (AvgIpc) is 2.64. The van der Waals surface area contributed by atoms with E-state index in [0.29, 0.717) is 11.1 Å². The van der Waals surface area contributed by atoms with Crippen molar-refractivity contribution in [1.29, 1.82) is 0 Å². The Morgan fingerprint density at radius 2 is 2.16 bits per heavy atom. The van der Waals surface area contributed by atoms with Gasteiger partial charge < -0.3 is 14.8 Å². The molecule has 0 aromatic carbocycles. The number of carboxylic acids is 1. The van der Waals surface area contributed by atoms with E-state index in [2.05, 4.69) is 12.2 Å². The Bertz CT molecular complexity index is 494. The molecule has 1 fully saturated rings. The van der Waals surface area contributed by atoms with Crippen LogP contribution in [-0.4, -0.2) is 22.5 Å². The van der Waals surface area contributed by atoms with Gasteiger partial charge >= 0.3 is 5.97 Å². The van der Waals surface area contributed by atoms with E-state index in [-0.39, 0.29) is 23.6 Å². The molecule has 1 amide bonds. The van der Waals surface area contributed by atoms with Crippen molar-refractivity contribution < 1.29 is 19.1 Å². The maximum atomic E-state index is 12.3. The van der Waals surface area contributed by atoms with Crippen molar-refractivity contribution in [3.63, 3.8) is 0 Å². The molecule has 0 atom stereocenters. The number of carbonyl (C=O) groups is 2. The van der Waals surface area contributed by atoms with Crippen LogP contribution in [0.3, 0.4) is 0 Å². The van der Waals surface area contributed by atoms with Gasteiger partial charge in [0, 0.05) is 11.1 Å². The zero-order valence-electron chi connectivity index (χ0n) is 11.3. The summed E-state index contributed by atoms with van der Waals surface area (Å²) in [4.78, 5) is 23.1. The summed E-state index contributed by atoms with van der Waals surface area (Å²) in [5.74, 6) is -0.991. The van der Waals surface area contributed by atoms with Crippen molar-refractivity contribution >= 4 is 11.9 Å². The predicted molar refractivity (Wildman–Crippen MR) is 69.1 cm³/mol. The van der Waals surface area contributed by atoms with E-state index in [9.17, 15) is 9.59 Å². The monoisotopic (exact) mass is 265 g/mol. The highest BCUT2D eigenvalue weighted by molar-refractivity contribution is 5.98. The zero-order chi connectivity index (χ0) is 14.0. The molecule has 1 aromatic rings. The molecule has 1 aromatic heterocycles. The summed E-state index contributed by atoms with van der Waals surface area (Å²) in [5, 5.41) is 11.9. The second kappa shape index (κ2) is 5.07. The Labute approximate surface area is 112 Å². The fourth-order valence-corrected chi connectivity index (χ4v) is 2.54. The molecular weight excluding hydrogens is 246 g/mol. The summed E-state index contributed by atoms with van der Waals surface area (Å²) in [5.41, 5.74) is 0.947. The summed E-state index contributed by atoms with van der Waals surface area (Å²) in [6.07, 6.45) is 5.16.